The number of rotatable bonds is 44. The normalized spacial score (nSPS) is 12.7. The SMILES string of the molecule is CC/C=C\C/C=C\C/C=C\C/C=C\CCCCCCC(=O)OC(COC(=O)CCCCCCCCC)COC(=O)CCCCCCCCC/C=C\C/C=C\CCCCCC. The monoisotopic (exact) mass is 837 g/mol. The number of unbranched alkanes of at least 4 members (excludes halogenated alkanes) is 21. The van der Waals surface area contributed by atoms with E-state index in [1.165, 1.54) is 83.5 Å². The Labute approximate surface area is 370 Å². The van der Waals surface area contributed by atoms with Crippen LogP contribution in [0.5, 0.6) is 0 Å². The molecule has 1 atom stereocenters. The predicted molar refractivity (Wildman–Crippen MR) is 256 cm³/mol. The Morgan fingerprint density at radius 3 is 1.03 bits per heavy atom. The number of hydrogen-bond acceptors (Lipinski definition) is 6. The van der Waals surface area contributed by atoms with E-state index in [2.05, 4.69) is 93.7 Å². The minimum atomic E-state index is -0.788. The molecule has 0 bridgehead atoms. The van der Waals surface area contributed by atoms with Crippen LogP contribution in [0.2, 0.25) is 0 Å². The molecule has 0 N–H and O–H groups in total. The number of esters is 3. The molecular formula is C54H92O6. The molecule has 1 unspecified atom stereocenters. The topological polar surface area (TPSA) is 78.9 Å². The quantitative estimate of drug-likeness (QED) is 0.0263. The second-order valence-corrected chi connectivity index (χ2v) is 16.3. The van der Waals surface area contributed by atoms with Gasteiger partial charge in [0.05, 0.1) is 0 Å². The highest BCUT2D eigenvalue weighted by molar-refractivity contribution is 5.71. The summed E-state index contributed by atoms with van der Waals surface area (Å²) in [7, 11) is 0. The van der Waals surface area contributed by atoms with Gasteiger partial charge in [-0.2, -0.15) is 0 Å². The predicted octanol–water partition coefficient (Wildman–Crippen LogP) is 16.3. The summed E-state index contributed by atoms with van der Waals surface area (Å²) in [6, 6.07) is 0. The van der Waals surface area contributed by atoms with Gasteiger partial charge in [0.25, 0.3) is 0 Å². The maximum Gasteiger partial charge on any atom is 0.306 e. The first-order valence-electron chi connectivity index (χ1n) is 24.9. The van der Waals surface area contributed by atoms with Crippen molar-refractivity contribution in [3.63, 3.8) is 0 Å². The minimum absolute atomic E-state index is 0.0880. The van der Waals surface area contributed by atoms with Crippen LogP contribution in [0.4, 0.5) is 0 Å². The lowest BCUT2D eigenvalue weighted by atomic mass is 10.1. The van der Waals surface area contributed by atoms with Gasteiger partial charge in [-0.05, 0) is 89.9 Å². The highest BCUT2D eigenvalue weighted by Crippen LogP contribution is 2.13. The number of carbonyl (C=O) groups is 3. The van der Waals surface area contributed by atoms with E-state index in [9.17, 15) is 14.4 Å². The van der Waals surface area contributed by atoms with Crippen molar-refractivity contribution in [3.05, 3.63) is 72.9 Å². The van der Waals surface area contributed by atoms with Crippen LogP contribution in [-0.4, -0.2) is 37.2 Å². The van der Waals surface area contributed by atoms with Gasteiger partial charge in [0.1, 0.15) is 13.2 Å². The summed E-state index contributed by atoms with van der Waals surface area (Å²) in [6.45, 7) is 6.43. The highest BCUT2D eigenvalue weighted by Gasteiger charge is 2.19. The third-order valence-corrected chi connectivity index (χ3v) is 10.4. The molecule has 0 saturated heterocycles. The number of carbonyl (C=O) groups excluding carboxylic acids is 3. The first kappa shape index (κ1) is 56.9. The Kier molecular flexibility index (Phi) is 46.0. The van der Waals surface area contributed by atoms with Crippen LogP contribution in [0.25, 0.3) is 0 Å². The third kappa shape index (κ3) is 45.9. The molecule has 0 amide bonds. The molecular weight excluding hydrogens is 745 g/mol. The van der Waals surface area contributed by atoms with E-state index in [0.717, 1.165) is 109 Å². The molecule has 0 aliphatic carbocycles. The van der Waals surface area contributed by atoms with Crippen LogP contribution >= 0.6 is 0 Å². The Bertz CT molecular complexity index is 1140. The molecule has 0 aliphatic rings. The first-order valence-corrected chi connectivity index (χ1v) is 24.9. The second-order valence-electron chi connectivity index (χ2n) is 16.3. The molecule has 344 valence electrons. The summed E-state index contributed by atoms with van der Waals surface area (Å²) < 4.78 is 16.7. The van der Waals surface area contributed by atoms with E-state index in [0.29, 0.717) is 19.3 Å². The van der Waals surface area contributed by atoms with Gasteiger partial charge >= 0.3 is 17.9 Å². The van der Waals surface area contributed by atoms with Crippen molar-refractivity contribution in [2.45, 2.75) is 239 Å². The molecule has 60 heavy (non-hydrogen) atoms. The molecule has 0 aliphatic heterocycles. The summed E-state index contributed by atoms with van der Waals surface area (Å²) in [5, 5.41) is 0. The summed E-state index contributed by atoms with van der Waals surface area (Å²) in [4.78, 5) is 37.8. The van der Waals surface area contributed by atoms with Crippen molar-refractivity contribution in [2.24, 2.45) is 0 Å². The summed E-state index contributed by atoms with van der Waals surface area (Å²) >= 11 is 0. The third-order valence-electron chi connectivity index (χ3n) is 10.4. The molecule has 0 saturated carbocycles. The van der Waals surface area contributed by atoms with Crippen molar-refractivity contribution in [2.75, 3.05) is 13.2 Å². The minimum Gasteiger partial charge on any atom is -0.462 e. The summed E-state index contributed by atoms with van der Waals surface area (Å²) in [5.41, 5.74) is 0. The highest BCUT2D eigenvalue weighted by atomic mass is 16.6. The van der Waals surface area contributed by atoms with Crippen LogP contribution in [0, 0.1) is 0 Å². The van der Waals surface area contributed by atoms with E-state index in [1.54, 1.807) is 0 Å². The maximum absolute atomic E-state index is 12.7. The van der Waals surface area contributed by atoms with Crippen molar-refractivity contribution in [1.29, 1.82) is 0 Å². The van der Waals surface area contributed by atoms with Crippen molar-refractivity contribution in [3.8, 4) is 0 Å². The van der Waals surface area contributed by atoms with Gasteiger partial charge in [-0.1, -0.05) is 196 Å². The van der Waals surface area contributed by atoms with Gasteiger partial charge in [0.15, 0.2) is 6.10 Å². The molecule has 0 spiro atoms. The largest absolute Gasteiger partial charge is 0.462 e. The maximum atomic E-state index is 12.7. The molecule has 0 aromatic heterocycles. The molecule has 6 heteroatoms. The fourth-order valence-corrected chi connectivity index (χ4v) is 6.70. The van der Waals surface area contributed by atoms with Gasteiger partial charge in [-0.25, -0.2) is 0 Å². The zero-order valence-corrected chi connectivity index (χ0v) is 39.2. The van der Waals surface area contributed by atoms with Crippen LogP contribution in [0.3, 0.4) is 0 Å². The van der Waals surface area contributed by atoms with Crippen molar-refractivity contribution < 1.29 is 28.6 Å². The van der Waals surface area contributed by atoms with E-state index in [4.69, 9.17) is 14.2 Å². The molecule has 0 fully saturated rings. The lowest BCUT2D eigenvalue weighted by molar-refractivity contribution is -0.167. The standard InChI is InChI=1S/C54H92O6/c1-4-7-10-13-16-18-20-22-24-26-28-29-31-33-35-38-41-44-47-53(56)59-50-51(49-58-52(55)46-43-40-37-15-12-9-6-3)60-54(57)48-45-42-39-36-34-32-30-27-25-23-21-19-17-14-11-8-5-2/h8,11,17-20,23-26,30,32,51H,4-7,9-10,12-16,21-22,27-29,31,33-50H2,1-3H3/b11-8-,19-17-,20-18-,25-23-,26-24-,32-30-. The van der Waals surface area contributed by atoms with Crippen molar-refractivity contribution >= 4 is 17.9 Å². The zero-order valence-electron chi connectivity index (χ0n) is 39.2. The van der Waals surface area contributed by atoms with Gasteiger partial charge in [-0.3, -0.25) is 14.4 Å². The van der Waals surface area contributed by atoms with Gasteiger partial charge in [-0.15, -0.1) is 0 Å². The Hall–Kier alpha value is -3.15. The molecule has 0 aromatic carbocycles. The summed E-state index contributed by atoms with van der Waals surface area (Å²) in [5.74, 6) is -0.927. The Balaban J connectivity index is 4.33. The lowest BCUT2D eigenvalue weighted by Crippen LogP contribution is -2.30. The molecule has 0 aromatic rings. The van der Waals surface area contributed by atoms with Crippen molar-refractivity contribution in [1.82, 2.24) is 0 Å². The molecule has 0 rings (SSSR count). The van der Waals surface area contributed by atoms with E-state index in [1.807, 2.05) is 0 Å². The first-order chi connectivity index (χ1) is 29.5. The number of hydrogen-bond donors (Lipinski definition) is 0. The van der Waals surface area contributed by atoms with Crippen LogP contribution < -0.4 is 0 Å². The van der Waals surface area contributed by atoms with Crippen LogP contribution in [0.1, 0.15) is 233 Å². The Morgan fingerprint density at radius 2 is 0.650 bits per heavy atom. The van der Waals surface area contributed by atoms with Gasteiger partial charge < -0.3 is 14.2 Å². The lowest BCUT2D eigenvalue weighted by Gasteiger charge is -2.18. The number of allylic oxidation sites excluding steroid dienone is 12. The van der Waals surface area contributed by atoms with Crippen LogP contribution in [0.15, 0.2) is 72.9 Å². The fraction of sp³-hybridized carbons (Fsp3) is 0.722. The molecule has 6 nitrogen and oxygen atoms in total. The van der Waals surface area contributed by atoms with Gasteiger partial charge in [0, 0.05) is 19.3 Å². The van der Waals surface area contributed by atoms with E-state index in [-0.39, 0.29) is 31.1 Å². The molecule has 0 radical (unpaired) electrons. The van der Waals surface area contributed by atoms with E-state index >= 15 is 0 Å². The van der Waals surface area contributed by atoms with Gasteiger partial charge in [0.2, 0.25) is 0 Å². The second kappa shape index (κ2) is 48.5. The van der Waals surface area contributed by atoms with Crippen LogP contribution in [-0.2, 0) is 28.6 Å². The fourth-order valence-electron chi connectivity index (χ4n) is 6.70. The summed E-state index contributed by atoms with van der Waals surface area (Å²) in [6.07, 6.45) is 60.4. The Morgan fingerprint density at radius 1 is 0.350 bits per heavy atom. The average Bonchev–Trinajstić information content (AvgIpc) is 3.24. The molecule has 0 heterocycles. The number of ether oxygens (including phenoxy) is 3. The average molecular weight is 837 g/mol. The smallest absolute Gasteiger partial charge is 0.306 e. The zero-order chi connectivity index (χ0) is 43.7. The van der Waals surface area contributed by atoms with E-state index < -0.39 is 6.10 Å².